The second-order valence-electron chi connectivity index (χ2n) is 9.03. The molecule has 1 nitrogen and oxygen atoms in total. The van der Waals surface area contributed by atoms with Crippen molar-refractivity contribution in [2.24, 2.45) is 5.73 Å². The topological polar surface area (TPSA) is 26.0 Å². The molecule has 0 amide bonds. The molecule has 1 unspecified atom stereocenters. The van der Waals surface area contributed by atoms with Crippen molar-refractivity contribution >= 4 is 33.5 Å². The standard InChI is InChI=1S/C19H23P.C12H12N.ClH.Pd/c1-4-10-17(11-5-1)16-20(18-12-6-2-7-13-18)19-14-8-3-9-15-19;1-9(13)11-8-4-6-10-5-2-3-7-12(10)11;;/h1-2,4-7,10-13,19H,3,8-9,14-16H2;2-3,5-9H,13H2,1H3;1H;/q;-1;;+2/p-1/t;9-;;/m.1../s1. The monoisotopic (exact) mass is 593 g/mol. The summed E-state index contributed by atoms with van der Waals surface area (Å²) in [7, 11) is 4.44. The molecule has 186 valence electrons. The van der Waals surface area contributed by atoms with Gasteiger partial charge in [-0.05, 0) is 41.6 Å². The number of fused-ring (bicyclic) bond motifs is 1. The van der Waals surface area contributed by atoms with E-state index in [1.165, 1.54) is 54.6 Å². The molecule has 4 aromatic rings. The molecule has 0 radical (unpaired) electrons. The van der Waals surface area contributed by atoms with Gasteiger partial charge in [0.25, 0.3) is 0 Å². The first kappa shape index (κ1) is 28.1. The number of hydrogen-bond acceptors (Lipinski definition) is 1. The number of rotatable bonds is 5. The van der Waals surface area contributed by atoms with Crippen LogP contribution in [-0.2, 0) is 24.3 Å². The van der Waals surface area contributed by atoms with E-state index in [1.54, 1.807) is 5.30 Å². The van der Waals surface area contributed by atoms with Gasteiger partial charge in [-0.25, -0.2) is 0 Å². The van der Waals surface area contributed by atoms with Crippen LogP contribution in [0.3, 0.4) is 0 Å². The maximum Gasteiger partial charge on any atom is -0.00303 e. The molecule has 2 atom stereocenters. The van der Waals surface area contributed by atoms with Crippen LogP contribution in [0.25, 0.3) is 10.8 Å². The van der Waals surface area contributed by atoms with Crippen molar-refractivity contribution in [2.75, 3.05) is 0 Å². The summed E-state index contributed by atoms with van der Waals surface area (Å²) in [5.41, 5.74) is 9.46. The molecule has 1 aliphatic rings. The first-order valence-electron chi connectivity index (χ1n) is 12.3. The average Bonchev–Trinajstić information content (AvgIpc) is 2.94. The third kappa shape index (κ3) is 8.53. The molecule has 1 fully saturated rings. The molecular weight excluding hydrogens is 559 g/mol. The summed E-state index contributed by atoms with van der Waals surface area (Å²) in [6.45, 7) is 2.00. The Bertz CT molecular complexity index is 1110. The van der Waals surface area contributed by atoms with E-state index in [-0.39, 0.29) is 14.0 Å². The van der Waals surface area contributed by atoms with Gasteiger partial charge in [0.1, 0.15) is 0 Å². The fourth-order valence-corrected chi connectivity index (χ4v) is 7.80. The molecule has 5 rings (SSSR count). The van der Waals surface area contributed by atoms with Crippen molar-refractivity contribution in [3.05, 3.63) is 114 Å². The molecule has 4 aromatic carbocycles. The van der Waals surface area contributed by atoms with E-state index in [0.29, 0.717) is 0 Å². The van der Waals surface area contributed by atoms with E-state index in [2.05, 4.69) is 107 Å². The second-order valence-corrected chi connectivity index (χ2v) is 11.5. The number of halogens is 1. The van der Waals surface area contributed by atoms with E-state index >= 15 is 0 Å². The van der Waals surface area contributed by atoms with Crippen LogP contribution < -0.4 is 11.0 Å². The van der Waals surface area contributed by atoms with Gasteiger partial charge in [0, 0.05) is 0 Å². The molecule has 4 heteroatoms. The Morgan fingerprint density at radius 2 is 1.46 bits per heavy atom. The van der Waals surface area contributed by atoms with E-state index < -0.39 is 0 Å². The average molecular weight is 594 g/mol. The zero-order valence-corrected chi connectivity index (χ0v) is 23.6. The Labute approximate surface area is 227 Å². The molecule has 0 aromatic heterocycles. The van der Waals surface area contributed by atoms with E-state index in [1.807, 2.05) is 31.2 Å². The van der Waals surface area contributed by atoms with Crippen molar-refractivity contribution in [1.82, 2.24) is 0 Å². The van der Waals surface area contributed by atoms with E-state index in [0.717, 1.165) is 11.2 Å². The molecule has 0 saturated heterocycles. The van der Waals surface area contributed by atoms with E-state index in [4.69, 9.17) is 5.73 Å². The van der Waals surface area contributed by atoms with Crippen LogP contribution in [-0.4, -0.2) is 5.66 Å². The van der Waals surface area contributed by atoms with Gasteiger partial charge in [-0.1, -0.05) is 113 Å². The van der Waals surface area contributed by atoms with Gasteiger partial charge in [0.2, 0.25) is 0 Å². The Morgan fingerprint density at radius 1 is 0.857 bits per heavy atom. The fraction of sp³-hybridized carbons (Fsp3) is 0.290. The van der Waals surface area contributed by atoms with Gasteiger partial charge in [-0.2, -0.15) is 18.2 Å². The molecule has 1 aliphatic carbocycles. The van der Waals surface area contributed by atoms with Gasteiger partial charge >= 0.3 is 27.7 Å². The van der Waals surface area contributed by atoms with Crippen LogP contribution in [0.5, 0.6) is 0 Å². The van der Waals surface area contributed by atoms with Crippen LogP contribution in [0, 0.1) is 6.07 Å². The number of nitrogens with two attached hydrogens (primary N) is 1. The van der Waals surface area contributed by atoms with Crippen molar-refractivity contribution in [3.8, 4) is 0 Å². The SMILES string of the molecule is C[C@@H](N)c1c[c-]cc2ccccc12.[Cl][Pd+].c1ccc(CP(c2ccccc2)C2CCCCC2)cc1. The fourth-order valence-electron chi connectivity index (χ4n) is 4.78. The largest absolute Gasteiger partial charge is 0.0677 e. The van der Waals surface area contributed by atoms with Crippen molar-refractivity contribution in [2.45, 2.75) is 56.9 Å². The summed E-state index contributed by atoms with van der Waals surface area (Å²) < 4.78 is 0. The van der Waals surface area contributed by atoms with Gasteiger partial charge in [0.05, 0.1) is 0 Å². The van der Waals surface area contributed by atoms with Crippen LogP contribution in [0.4, 0.5) is 0 Å². The molecule has 0 aliphatic heterocycles. The van der Waals surface area contributed by atoms with Crippen molar-refractivity contribution in [3.63, 3.8) is 0 Å². The zero-order valence-electron chi connectivity index (χ0n) is 20.4. The summed E-state index contributed by atoms with van der Waals surface area (Å²) in [4.78, 5) is 0. The normalized spacial score (nSPS) is 15.2. The molecule has 0 spiro atoms. The number of hydrogen-bond donors (Lipinski definition) is 1. The predicted octanol–water partition coefficient (Wildman–Crippen LogP) is 8.67. The molecule has 0 bridgehead atoms. The Hall–Kier alpha value is -1.52. The molecule has 0 heterocycles. The zero-order chi connectivity index (χ0) is 24.9. The van der Waals surface area contributed by atoms with Gasteiger partial charge in [-0.15, -0.1) is 22.4 Å². The van der Waals surface area contributed by atoms with Crippen LogP contribution in [0.2, 0.25) is 0 Å². The molecule has 2 N–H and O–H groups in total. The minimum Gasteiger partial charge on any atom is -0.0677 e. The predicted molar refractivity (Wildman–Crippen MR) is 151 cm³/mol. The van der Waals surface area contributed by atoms with Crippen LogP contribution in [0.15, 0.2) is 97.1 Å². The Balaban J connectivity index is 0.000000197. The Kier molecular flexibility index (Phi) is 12.5. The van der Waals surface area contributed by atoms with Crippen molar-refractivity contribution in [1.29, 1.82) is 0 Å². The van der Waals surface area contributed by atoms with Gasteiger partial charge < -0.3 is 5.73 Å². The quantitative estimate of drug-likeness (QED) is 0.140. The summed E-state index contributed by atoms with van der Waals surface area (Å²) >= 11 is 2.22. The third-order valence-electron chi connectivity index (χ3n) is 6.54. The molecular formula is C31H35ClNPPd. The minimum absolute atomic E-state index is 0.0502. The smallest absolute Gasteiger partial charge is 0.00303 e. The number of benzene rings is 4. The van der Waals surface area contributed by atoms with Crippen molar-refractivity contribution < 1.29 is 18.2 Å². The first-order valence-corrected chi connectivity index (χ1v) is 15.9. The summed E-state index contributed by atoms with van der Waals surface area (Å²) in [6.07, 6.45) is 8.45. The molecule has 35 heavy (non-hydrogen) atoms. The van der Waals surface area contributed by atoms with Gasteiger partial charge in [0.15, 0.2) is 0 Å². The summed E-state index contributed by atoms with van der Waals surface area (Å²) in [6, 6.07) is 37.7. The first-order chi connectivity index (χ1) is 17.2. The second kappa shape index (κ2) is 15.6. The summed E-state index contributed by atoms with van der Waals surface area (Å²) in [5, 5.41) is 4.03. The summed E-state index contributed by atoms with van der Waals surface area (Å²) in [5.74, 6) is 0. The molecule has 1 saturated carbocycles. The third-order valence-corrected chi connectivity index (χ3v) is 9.60. The van der Waals surface area contributed by atoms with Crippen LogP contribution >= 0.6 is 17.5 Å². The van der Waals surface area contributed by atoms with Crippen LogP contribution in [0.1, 0.15) is 56.2 Å². The van der Waals surface area contributed by atoms with E-state index in [9.17, 15) is 0 Å². The van der Waals surface area contributed by atoms with Gasteiger partial charge in [-0.3, -0.25) is 0 Å². The maximum atomic E-state index is 5.86. The maximum absolute atomic E-state index is 5.86. The minimum atomic E-state index is -0.0502. The Morgan fingerprint density at radius 3 is 2.11 bits per heavy atom.